The molecule has 1 rings (SSSR count). The van der Waals surface area contributed by atoms with Crippen LogP contribution in [0, 0.1) is 5.92 Å². The number of nitrogens with one attached hydrogen (secondary N) is 1. The van der Waals surface area contributed by atoms with E-state index in [2.05, 4.69) is 31.0 Å². The fourth-order valence-electron chi connectivity index (χ4n) is 2.68. The minimum Gasteiger partial charge on any atom is -0.355 e. The molecule has 112 valence electrons. The zero-order chi connectivity index (χ0) is 14.3. The third kappa shape index (κ3) is 4.77. The molecule has 0 atom stereocenters. The molecule has 0 radical (unpaired) electrons. The lowest BCUT2D eigenvalue weighted by Crippen LogP contribution is -2.56. The molecule has 3 N–H and O–H groups in total. The van der Waals surface area contributed by atoms with Crippen LogP contribution in [0.2, 0.25) is 0 Å². The van der Waals surface area contributed by atoms with Crippen LogP contribution in [0.4, 0.5) is 0 Å². The molecule has 0 unspecified atom stereocenters. The van der Waals surface area contributed by atoms with E-state index in [1.807, 2.05) is 0 Å². The molecule has 0 saturated heterocycles. The van der Waals surface area contributed by atoms with E-state index in [9.17, 15) is 4.79 Å². The van der Waals surface area contributed by atoms with Crippen molar-refractivity contribution in [3.63, 3.8) is 0 Å². The number of hydrogen-bond donors (Lipinski definition) is 2. The van der Waals surface area contributed by atoms with Crippen LogP contribution in [0.5, 0.6) is 0 Å². The van der Waals surface area contributed by atoms with Gasteiger partial charge in [0, 0.05) is 18.6 Å². The predicted octanol–water partition coefficient (Wildman–Crippen LogP) is 1.74. The summed E-state index contributed by atoms with van der Waals surface area (Å²) in [4.78, 5) is 14.3. The van der Waals surface area contributed by atoms with Crippen molar-refractivity contribution in [3.05, 3.63) is 0 Å². The van der Waals surface area contributed by atoms with Gasteiger partial charge in [-0.3, -0.25) is 9.69 Å². The molecule has 1 saturated carbocycles. The van der Waals surface area contributed by atoms with E-state index < -0.39 is 0 Å². The van der Waals surface area contributed by atoms with Gasteiger partial charge in [0.1, 0.15) is 0 Å². The Morgan fingerprint density at radius 1 is 1.32 bits per heavy atom. The monoisotopic (exact) mass is 269 g/mol. The first-order valence-corrected chi connectivity index (χ1v) is 7.83. The van der Waals surface area contributed by atoms with Crippen molar-refractivity contribution in [2.75, 3.05) is 26.2 Å². The first kappa shape index (κ1) is 16.4. The molecule has 4 heteroatoms. The Kier molecular flexibility index (Phi) is 6.80. The number of hydrogen-bond acceptors (Lipinski definition) is 3. The lowest BCUT2D eigenvalue weighted by molar-refractivity contribution is -0.124. The summed E-state index contributed by atoms with van der Waals surface area (Å²) in [6.45, 7) is 9.39. The van der Waals surface area contributed by atoms with Crippen molar-refractivity contribution in [2.24, 2.45) is 11.7 Å². The van der Waals surface area contributed by atoms with Crippen molar-refractivity contribution in [2.45, 2.75) is 58.4 Å². The summed E-state index contributed by atoms with van der Waals surface area (Å²) in [5, 5.41) is 3.06. The number of rotatable bonds is 10. The topological polar surface area (TPSA) is 58.4 Å². The fourth-order valence-corrected chi connectivity index (χ4v) is 2.68. The summed E-state index contributed by atoms with van der Waals surface area (Å²) in [6.07, 6.45) is 5.59. The molecule has 1 aliphatic rings. The molecule has 0 aliphatic heterocycles. The fraction of sp³-hybridized carbons (Fsp3) is 0.933. The average Bonchev–Trinajstić information content (AvgIpc) is 3.23. The number of nitrogens with two attached hydrogens (primary N) is 1. The predicted molar refractivity (Wildman–Crippen MR) is 80.0 cm³/mol. The Morgan fingerprint density at radius 2 is 1.95 bits per heavy atom. The Morgan fingerprint density at radius 3 is 2.37 bits per heavy atom. The summed E-state index contributed by atoms with van der Waals surface area (Å²) in [6, 6.07) is 0. The number of nitrogens with zero attached hydrogens (tertiary/aromatic N) is 1. The molecule has 1 aliphatic carbocycles. The van der Waals surface area contributed by atoms with Crippen LogP contribution in [-0.4, -0.2) is 42.5 Å². The van der Waals surface area contributed by atoms with Crippen LogP contribution >= 0.6 is 0 Å². The Balaban J connectivity index is 2.55. The molecule has 0 heterocycles. The van der Waals surface area contributed by atoms with E-state index in [0.29, 0.717) is 13.1 Å². The van der Waals surface area contributed by atoms with Gasteiger partial charge in [0.05, 0.1) is 6.54 Å². The maximum Gasteiger partial charge on any atom is 0.234 e. The number of carbonyl (C=O) groups excluding carboxylic acids is 1. The standard InChI is InChI=1S/C15H31N3O/c1-4-9-18(15(5-2,6-3)12-16)11-14(19)17-10-13-7-8-13/h13H,4-12,16H2,1-3H3,(H,17,19). The van der Waals surface area contributed by atoms with E-state index >= 15 is 0 Å². The molecule has 0 spiro atoms. The van der Waals surface area contributed by atoms with Crippen LogP contribution in [0.15, 0.2) is 0 Å². The lowest BCUT2D eigenvalue weighted by atomic mass is 9.90. The maximum absolute atomic E-state index is 12.1. The highest BCUT2D eigenvalue weighted by Gasteiger charge is 2.33. The van der Waals surface area contributed by atoms with Crippen LogP contribution < -0.4 is 11.1 Å². The third-order valence-corrected chi connectivity index (χ3v) is 4.48. The SMILES string of the molecule is CCCN(CC(=O)NCC1CC1)C(CC)(CC)CN. The zero-order valence-electron chi connectivity index (χ0n) is 12.9. The van der Waals surface area contributed by atoms with Crippen molar-refractivity contribution in [1.82, 2.24) is 10.2 Å². The molecule has 0 aromatic rings. The van der Waals surface area contributed by atoms with Crippen molar-refractivity contribution in [1.29, 1.82) is 0 Å². The lowest BCUT2D eigenvalue weighted by Gasteiger charge is -2.42. The van der Waals surface area contributed by atoms with Gasteiger partial charge in [0.25, 0.3) is 0 Å². The van der Waals surface area contributed by atoms with Gasteiger partial charge >= 0.3 is 0 Å². The molecular weight excluding hydrogens is 238 g/mol. The van der Waals surface area contributed by atoms with E-state index in [4.69, 9.17) is 5.73 Å². The smallest absolute Gasteiger partial charge is 0.234 e. The molecule has 1 amide bonds. The Hall–Kier alpha value is -0.610. The summed E-state index contributed by atoms with van der Waals surface area (Å²) < 4.78 is 0. The minimum absolute atomic E-state index is 0.0209. The van der Waals surface area contributed by atoms with Crippen LogP contribution in [0.1, 0.15) is 52.9 Å². The summed E-state index contributed by atoms with van der Waals surface area (Å²) >= 11 is 0. The highest BCUT2D eigenvalue weighted by molar-refractivity contribution is 5.78. The molecule has 0 aromatic heterocycles. The summed E-state index contributed by atoms with van der Waals surface area (Å²) in [7, 11) is 0. The number of carbonyl (C=O) groups is 1. The normalized spacial score (nSPS) is 15.8. The van der Waals surface area contributed by atoms with Gasteiger partial charge in [0.15, 0.2) is 0 Å². The quantitative estimate of drug-likeness (QED) is 0.635. The molecular formula is C15H31N3O. The summed E-state index contributed by atoms with van der Waals surface area (Å²) in [5.41, 5.74) is 5.97. The number of amides is 1. The van der Waals surface area contributed by atoms with Crippen LogP contribution in [-0.2, 0) is 4.79 Å². The van der Waals surface area contributed by atoms with E-state index in [-0.39, 0.29) is 11.4 Å². The molecule has 0 bridgehead atoms. The molecule has 0 aromatic carbocycles. The van der Waals surface area contributed by atoms with E-state index in [1.54, 1.807) is 0 Å². The first-order chi connectivity index (χ1) is 9.11. The van der Waals surface area contributed by atoms with Crippen molar-refractivity contribution >= 4 is 5.91 Å². The Labute approximate surface area is 118 Å². The molecule has 1 fully saturated rings. The van der Waals surface area contributed by atoms with Gasteiger partial charge < -0.3 is 11.1 Å². The first-order valence-electron chi connectivity index (χ1n) is 7.83. The van der Waals surface area contributed by atoms with Crippen LogP contribution in [0.3, 0.4) is 0 Å². The zero-order valence-corrected chi connectivity index (χ0v) is 12.9. The van der Waals surface area contributed by atoms with E-state index in [1.165, 1.54) is 12.8 Å². The van der Waals surface area contributed by atoms with Crippen molar-refractivity contribution in [3.8, 4) is 0 Å². The maximum atomic E-state index is 12.1. The highest BCUT2D eigenvalue weighted by atomic mass is 16.2. The molecule has 4 nitrogen and oxygen atoms in total. The second-order valence-electron chi connectivity index (χ2n) is 5.80. The van der Waals surface area contributed by atoms with E-state index in [0.717, 1.165) is 38.3 Å². The van der Waals surface area contributed by atoms with Gasteiger partial charge in [-0.1, -0.05) is 20.8 Å². The Bertz CT molecular complexity index is 264. The van der Waals surface area contributed by atoms with Gasteiger partial charge in [-0.15, -0.1) is 0 Å². The van der Waals surface area contributed by atoms with Gasteiger partial charge in [-0.2, -0.15) is 0 Å². The van der Waals surface area contributed by atoms with Gasteiger partial charge in [-0.05, 0) is 44.6 Å². The van der Waals surface area contributed by atoms with Gasteiger partial charge in [-0.25, -0.2) is 0 Å². The minimum atomic E-state index is -0.0209. The third-order valence-electron chi connectivity index (χ3n) is 4.48. The average molecular weight is 269 g/mol. The molecule has 19 heavy (non-hydrogen) atoms. The van der Waals surface area contributed by atoms with Crippen LogP contribution in [0.25, 0.3) is 0 Å². The second kappa shape index (κ2) is 7.85. The van der Waals surface area contributed by atoms with Gasteiger partial charge in [0.2, 0.25) is 5.91 Å². The second-order valence-corrected chi connectivity index (χ2v) is 5.80. The van der Waals surface area contributed by atoms with Crippen molar-refractivity contribution < 1.29 is 4.79 Å². The highest BCUT2D eigenvalue weighted by Crippen LogP contribution is 2.27. The summed E-state index contributed by atoms with van der Waals surface area (Å²) in [5.74, 6) is 0.889. The largest absolute Gasteiger partial charge is 0.355 e.